The van der Waals surface area contributed by atoms with Crippen LogP contribution in [0.2, 0.25) is 19.6 Å². The average Bonchev–Trinajstić information content (AvgIpc) is 2.80. The van der Waals surface area contributed by atoms with Gasteiger partial charge >= 0.3 is 0 Å². The van der Waals surface area contributed by atoms with Crippen molar-refractivity contribution in [2.24, 2.45) is 0 Å². The Morgan fingerprint density at radius 1 is 1.33 bits per heavy atom. The van der Waals surface area contributed by atoms with Gasteiger partial charge < -0.3 is 10.6 Å². The van der Waals surface area contributed by atoms with Crippen LogP contribution in [0.25, 0.3) is 0 Å². The fourth-order valence-electron chi connectivity index (χ4n) is 1.69. The Bertz CT molecular complexity index is 447. The number of hydrogen-bond acceptors (Lipinski definition) is 4. The van der Waals surface area contributed by atoms with Crippen LogP contribution in [0.5, 0.6) is 0 Å². The number of nitrogens with one attached hydrogen (secondary N) is 2. The van der Waals surface area contributed by atoms with Crippen molar-refractivity contribution < 1.29 is 0 Å². The van der Waals surface area contributed by atoms with Crippen LogP contribution in [0.4, 0.5) is 5.95 Å². The van der Waals surface area contributed by atoms with E-state index < -0.39 is 8.07 Å². The maximum absolute atomic E-state index is 4.31. The fourth-order valence-corrected chi connectivity index (χ4v) is 2.21. The minimum atomic E-state index is -1.32. The predicted molar refractivity (Wildman–Crippen MR) is 77.2 cm³/mol. The third-order valence-electron chi connectivity index (χ3n) is 2.63. The lowest BCUT2D eigenvalue weighted by molar-refractivity contribution is 0.780. The molecule has 0 aliphatic carbocycles. The van der Waals surface area contributed by atoms with Gasteiger partial charge in [-0.05, 0) is 13.0 Å². The molecular weight excluding hydrogens is 240 g/mol. The molecule has 18 heavy (non-hydrogen) atoms. The summed E-state index contributed by atoms with van der Waals surface area (Å²) in [6, 6.07) is 0.448. The molecule has 0 saturated carbocycles. The van der Waals surface area contributed by atoms with Crippen LogP contribution >= 0.6 is 0 Å². The predicted octanol–water partition coefficient (Wildman–Crippen LogP) is 1.48. The summed E-state index contributed by atoms with van der Waals surface area (Å²) in [5.74, 6) is 3.85. The van der Waals surface area contributed by atoms with Crippen LogP contribution in [0.15, 0.2) is 12.4 Å². The summed E-state index contributed by atoms with van der Waals surface area (Å²) in [7, 11) is -1.32. The smallest absolute Gasteiger partial charge is 0.222 e. The van der Waals surface area contributed by atoms with Crippen LogP contribution in [0, 0.1) is 11.5 Å². The van der Waals surface area contributed by atoms with Crippen molar-refractivity contribution in [3.05, 3.63) is 18.0 Å². The highest BCUT2D eigenvalue weighted by molar-refractivity contribution is 6.83. The van der Waals surface area contributed by atoms with E-state index >= 15 is 0 Å². The quantitative estimate of drug-likeness (QED) is 0.625. The first kappa shape index (κ1) is 13.1. The molecule has 1 atom stereocenters. The molecule has 2 rings (SSSR count). The lowest BCUT2D eigenvalue weighted by Crippen LogP contribution is -2.23. The van der Waals surface area contributed by atoms with E-state index in [-0.39, 0.29) is 0 Å². The SMILES string of the molecule is C[Si](C)(C)C#Cc1cnc(N[C@@H]2CCNC2)nc1. The van der Waals surface area contributed by atoms with Gasteiger partial charge in [0, 0.05) is 25.0 Å². The van der Waals surface area contributed by atoms with Crippen molar-refractivity contribution in [1.82, 2.24) is 15.3 Å². The van der Waals surface area contributed by atoms with Gasteiger partial charge in [-0.1, -0.05) is 25.6 Å². The lowest BCUT2D eigenvalue weighted by Gasteiger charge is -2.10. The largest absolute Gasteiger partial charge is 0.350 e. The van der Waals surface area contributed by atoms with Crippen molar-refractivity contribution >= 4 is 14.0 Å². The summed E-state index contributed by atoms with van der Waals surface area (Å²) in [5, 5.41) is 6.62. The Morgan fingerprint density at radius 3 is 2.61 bits per heavy atom. The van der Waals surface area contributed by atoms with Gasteiger partial charge in [0.25, 0.3) is 0 Å². The zero-order valence-electron chi connectivity index (χ0n) is 11.2. The van der Waals surface area contributed by atoms with Crippen LogP contribution in [-0.2, 0) is 0 Å². The third kappa shape index (κ3) is 4.13. The Morgan fingerprint density at radius 2 is 2.06 bits per heavy atom. The molecule has 4 nitrogen and oxygen atoms in total. The summed E-state index contributed by atoms with van der Waals surface area (Å²) < 4.78 is 0. The van der Waals surface area contributed by atoms with Gasteiger partial charge in [-0.15, -0.1) is 5.54 Å². The molecule has 0 spiro atoms. The molecule has 1 fully saturated rings. The topological polar surface area (TPSA) is 49.8 Å². The molecule has 96 valence electrons. The van der Waals surface area contributed by atoms with E-state index in [1.54, 1.807) is 12.4 Å². The molecule has 5 heteroatoms. The van der Waals surface area contributed by atoms with Crippen LogP contribution in [-0.4, -0.2) is 37.2 Å². The van der Waals surface area contributed by atoms with E-state index in [9.17, 15) is 0 Å². The van der Waals surface area contributed by atoms with E-state index in [4.69, 9.17) is 0 Å². The third-order valence-corrected chi connectivity index (χ3v) is 3.50. The molecule has 1 aromatic heterocycles. The zero-order chi connectivity index (χ0) is 13.0. The minimum Gasteiger partial charge on any atom is -0.350 e. The number of anilines is 1. The lowest BCUT2D eigenvalue weighted by atomic mass is 10.3. The Hall–Kier alpha value is -1.38. The summed E-state index contributed by atoms with van der Waals surface area (Å²) in [5.41, 5.74) is 4.21. The Balaban J connectivity index is 1.98. The van der Waals surface area contributed by atoms with E-state index in [0.717, 1.165) is 25.1 Å². The normalized spacial score (nSPS) is 19.2. The van der Waals surface area contributed by atoms with Gasteiger partial charge in [0.15, 0.2) is 0 Å². The van der Waals surface area contributed by atoms with Crippen LogP contribution < -0.4 is 10.6 Å². The monoisotopic (exact) mass is 260 g/mol. The van der Waals surface area contributed by atoms with Gasteiger partial charge in [0.2, 0.25) is 5.95 Å². The maximum atomic E-state index is 4.31. The summed E-state index contributed by atoms with van der Waals surface area (Å²) >= 11 is 0. The van der Waals surface area contributed by atoms with Gasteiger partial charge in [-0.2, -0.15) is 0 Å². The minimum absolute atomic E-state index is 0.448. The number of rotatable bonds is 2. The molecular formula is C13H20N4Si. The van der Waals surface area contributed by atoms with Crippen molar-refractivity contribution in [2.45, 2.75) is 32.1 Å². The molecule has 1 saturated heterocycles. The van der Waals surface area contributed by atoms with E-state index in [2.05, 4.69) is 51.7 Å². The first-order valence-electron chi connectivity index (χ1n) is 6.35. The zero-order valence-corrected chi connectivity index (χ0v) is 12.2. The average molecular weight is 260 g/mol. The highest BCUT2D eigenvalue weighted by Gasteiger charge is 2.14. The van der Waals surface area contributed by atoms with Crippen LogP contribution in [0.3, 0.4) is 0 Å². The summed E-state index contributed by atoms with van der Waals surface area (Å²) in [6.07, 6.45) is 4.72. The Kier molecular flexibility index (Phi) is 3.99. The van der Waals surface area contributed by atoms with Gasteiger partial charge in [0.05, 0.1) is 5.56 Å². The standard InChI is InChI=1S/C13H20N4Si/c1-18(2,3)7-5-11-8-15-13(16-9-11)17-12-4-6-14-10-12/h8-9,12,14H,4,6,10H2,1-3H3,(H,15,16,17)/t12-/m1/s1. The molecule has 0 aromatic carbocycles. The first-order chi connectivity index (χ1) is 8.53. The molecule has 2 N–H and O–H groups in total. The number of nitrogens with zero attached hydrogens (tertiary/aromatic N) is 2. The maximum Gasteiger partial charge on any atom is 0.222 e. The molecule has 0 radical (unpaired) electrons. The highest BCUT2D eigenvalue weighted by Crippen LogP contribution is 2.06. The number of hydrogen-bond donors (Lipinski definition) is 2. The molecule has 0 bridgehead atoms. The summed E-state index contributed by atoms with van der Waals surface area (Å²) in [4.78, 5) is 8.61. The first-order valence-corrected chi connectivity index (χ1v) is 9.85. The second kappa shape index (κ2) is 5.51. The van der Waals surface area contributed by atoms with Crippen LogP contribution in [0.1, 0.15) is 12.0 Å². The van der Waals surface area contributed by atoms with Crippen molar-refractivity contribution in [2.75, 3.05) is 18.4 Å². The van der Waals surface area contributed by atoms with Crippen molar-refractivity contribution in [3.8, 4) is 11.5 Å². The van der Waals surface area contributed by atoms with E-state index in [1.165, 1.54) is 0 Å². The fraction of sp³-hybridized carbons (Fsp3) is 0.538. The molecule has 1 aliphatic rings. The summed E-state index contributed by atoms with van der Waals surface area (Å²) in [6.45, 7) is 8.73. The van der Waals surface area contributed by atoms with Crippen molar-refractivity contribution in [3.63, 3.8) is 0 Å². The van der Waals surface area contributed by atoms with Gasteiger partial charge in [0.1, 0.15) is 8.07 Å². The van der Waals surface area contributed by atoms with Crippen molar-refractivity contribution in [1.29, 1.82) is 0 Å². The molecule has 0 unspecified atom stereocenters. The van der Waals surface area contributed by atoms with Gasteiger partial charge in [-0.3, -0.25) is 0 Å². The highest BCUT2D eigenvalue weighted by atomic mass is 28.3. The number of aromatic nitrogens is 2. The molecule has 1 aromatic rings. The second-order valence-corrected chi connectivity index (χ2v) is 10.4. The van der Waals surface area contributed by atoms with E-state index in [1.807, 2.05) is 0 Å². The molecule has 1 aliphatic heterocycles. The van der Waals surface area contributed by atoms with Gasteiger partial charge in [-0.25, -0.2) is 9.97 Å². The molecule has 0 amide bonds. The second-order valence-electron chi connectivity index (χ2n) is 5.63. The van der Waals surface area contributed by atoms with E-state index in [0.29, 0.717) is 12.0 Å². The molecule has 2 heterocycles. The Labute approximate surface area is 110 Å².